The van der Waals surface area contributed by atoms with E-state index >= 15 is 0 Å². The molecule has 25 heavy (non-hydrogen) atoms. The van der Waals surface area contributed by atoms with Gasteiger partial charge in [0.05, 0.1) is 11.5 Å². The first-order valence-corrected chi connectivity index (χ1v) is 8.67. The van der Waals surface area contributed by atoms with E-state index in [2.05, 4.69) is 20.8 Å². The van der Waals surface area contributed by atoms with Crippen LogP contribution in [0, 0.1) is 5.41 Å². The van der Waals surface area contributed by atoms with Gasteiger partial charge in [0.1, 0.15) is 5.76 Å². The van der Waals surface area contributed by atoms with Crippen LogP contribution in [0.5, 0.6) is 0 Å². The molecule has 0 radical (unpaired) electrons. The normalized spacial score (nSPS) is 17.3. The van der Waals surface area contributed by atoms with E-state index in [4.69, 9.17) is 4.74 Å². The fourth-order valence-corrected chi connectivity index (χ4v) is 3.51. The maximum absolute atomic E-state index is 12.2. The summed E-state index contributed by atoms with van der Waals surface area (Å²) in [7, 11) is 0. The summed E-state index contributed by atoms with van der Waals surface area (Å²) in [6, 6.07) is 8.54. The van der Waals surface area contributed by atoms with E-state index in [1.54, 1.807) is 30.3 Å². The van der Waals surface area contributed by atoms with Crippen molar-refractivity contribution in [2.75, 3.05) is 0 Å². The highest BCUT2D eigenvalue weighted by Crippen LogP contribution is 2.42. The Labute approximate surface area is 149 Å². The third kappa shape index (κ3) is 5.31. The van der Waals surface area contributed by atoms with Gasteiger partial charge in [0.15, 0.2) is 0 Å². The highest BCUT2D eigenvalue weighted by atomic mass is 16.5. The van der Waals surface area contributed by atoms with E-state index in [9.17, 15) is 14.7 Å². The Morgan fingerprint density at radius 1 is 1.24 bits per heavy atom. The third-order valence-corrected chi connectivity index (χ3v) is 4.82. The van der Waals surface area contributed by atoms with Gasteiger partial charge in [0.2, 0.25) is 0 Å². The van der Waals surface area contributed by atoms with Crippen molar-refractivity contribution < 1.29 is 19.4 Å². The monoisotopic (exact) mass is 341 g/mol. The predicted octanol–water partition coefficient (Wildman–Crippen LogP) is 3.78. The molecule has 1 aliphatic rings. The lowest BCUT2D eigenvalue weighted by atomic mass is 9.71. The summed E-state index contributed by atoms with van der Waals surface area (Å²) in [5.41, 5.74) is 3.18. The summed E-state index contributed by atoms with van der Waals surface area (Å²) >= 11 is 0. The molecule has 0 saturated heterocycles. The second-order valence-electron chi connectivity index (χ2n) is 7.18. The lowest BCUT2D eigenvalue weighted by Gasteiger charge is -2.34. The zero-order valence-electron chi connectivity index (χ0n) is 15.1. The Morgan fingerprint density at radius 2 is 1.92 bits per heavy atom. The quantitative estimate of drug-likeness (QED) is 0.342. The molecule has 1 aromatic rings. The van der Waals surface area contributed by atoms with Gasteiger partial charge in [-0.3, -0.25) is 0 Å². The summed E-state index contributed by atoms with van der Waals surface area (Å²) in [4.78, 5) is 23.2. The number of rotatable bonds is 6. The molecular weight excluding hydrogens is 316 g/mol. The third-order valence-electron chi connectivity index (χ3n) is 4.82. The van der Waals surface area contributed by atoms with Crippen molar-refractivity contribution in [3.63, 3.8) is 0 Å². The Kier molecular flexibility index (Phi) is 6.18. The Morgan fingerprint density at radius 3 is 2.52 bits per heavy atom. The fourth-order valence-electron chi connectivity index (χ4n) is 3.51. The summed E-state index contributed by atoms with van der Waals surface area (Å²) in [5.74, 6) is -1.78. The number of benzene rings is 1. The Bertz CT molecular complexity index is 696. The minimum atomic E-state index is -1.36. The summed E-state index contributed by atoms with van der Waals surface area (Å²) < 4.78 is 5.32. The maximum atomic E-state index is 12.2. The molecule has 1 aliphatic carbocycles. The Hall–Kier alpha value is -2.36. The smallest absolute Gasteiger partial charge is 0.343 e. The standard InChI is InChI=1S/C21H26O4/c1-15-8-7-13-21(2,3)18(15)12-11-17(14-19(22)23)25-20(24)16-9-5-4-6-10-16/h4-6,9-10,14H,7-8,11-13H2,1-3H3,(H,22,23)/p-1/b17-14-. The number of allylic oxidation sites excluding steroid dienone is 3. The average Bonchev–Trinajstić information content (AvgIpc) is 2.53. The molecule has 4 heteroatoms. The van der Waals surface area contributed by atoms with Crippen molar-refractivity contribution in [3.8, 4) is 0 Å². The molecule has 1 aromatic carbocycles. The van der Waals surface area contributed by atoms with Crippen molar-refractivity contribution in [2.45, 2.75) is 52.9 Å². The Balaban J connectivity index is 2.11. The SMILES string of the molecule is CC1=C(CC/C(=C/C(=O)[O-])OC(=O)c2ccccc2)C(C)(C)CCC1. The molecule has 0 spiro atoms. The number of carbonyl (C=O) groups is 2. The van der Waals surface area contributed by atoms with Gasteiger partial charge in [-0.1, -0.05) is 43.2 Å². The number of aliphatic carboxylic acids is 1. The highest BCUT2D eigenvalue weighted by molar-refractivity contribution is 5.90. The van der Waals surface area contributed by atoms with Gasteiger partial charge in [0, 0.05) is 6.42 Å². The molecule has 0 N–H and O–H groups in total. The van der Waals surface area contributed by atoms with E-state index < -0.39 is 11.9 Å². The van der Waals surface area contributed by atoms with E-state index in [1.165, 1.54) is 17.6 Å². The van der Waals surface area contributed by atoms with E-state index in [0.29, 0.717) is 18.4 Å². The van der Waals surface area contributed by atoms with Crippen molar-refractivity contribution in [1.29, 1.82) is 0 Å². The maximum Gasteiger partial charge on any atom is 0.343 e. The van der Waals surface area contributed by atoms with Crippen LogP contribution in [0.3, 0.4) is 0 Å². The molecular formula is C21H25O4-. The zero-order valence-corrected chi connectivity index (χ0v) is 15.1. The molecule has 2 rings (SSSR count). The number of carboxylic acids is 1. The molecule has 0 saturated carbocycles. The van der Waals surface area contributed by atoms with E-state index in [-0.39, 0.29) is 11.2 Å². The number of carboxylic acid groups (broad SMARTS) is 1. The van der Waals surface area contributed by atoms with Gasteiger partial charge < -0.3 is 14.6 Å². The molecule has 0 aliphatic heterocycles. The highest BCUT2D eigenvalue weighted by Gasteiger charge is 2.28. The minimum Gasteiger partial charge on any atom is -0.545 e. The van der Waals surface area contributed by atoms with Crippen LogP contribution in [-0.2, 0) is 9.53 Å². The van der Waals surface area contributed by atoms with Crippen LogP contribution in [0.1, 0.15) is 63.2 Å². The van der Waals surface area contributed by atoms with Gasteiger partial charge in [-0.2, -0.15) is 0 Å². The molecule has 134 valence electrons. The van der Waals surface area contributed by atoms with Crippen LogP contribution in [-0.4, -0.2) is 11.9 Å². The van der Waals surface area contributed by atoms with Gasteiger partial charge in [0.25, 0.3) is 0 Å². The summed E-state index contributed by atoms with van der Waals surface area (Å²) in [5, 5.41) is 11.0. The summed E-state index contributed by atoms with van der Waals surface area (Å²) in [6.07, 6.45) is 5.29. The molecule has 0 heterocycles. The second kappa shape index (κ2) is 8.15. The predicted molar refractivity (Wildman–Crippen MR) is 94.5 cm³/mol. The molecule has 0 amide bonds. The van der Waals surface area contributed by atoms with Gasteiger partial charge in [-0.05, 0) is 56.2 Å². The topological polar surface area (TPSA) is 66.4 Å². The molecule has 0 fully saturated rings. The molecule has 4 nitrogen and oxygen atoms in total. The molecule has 0 unspecified atom stereocenters. The fraction of sp³-hybridized carbons (Fsp3) is 0.429. The zero-order chi connectivity index (χ0) is 18.4. The molecule has 0 atom stereocenters. The van der Waals surface area contributed by atoms with Gasteiger partial charge in [-0.15, -0.1) is 0 Å². The first kappa shape index (κ1) is 19.0. The number of hydrogen-bond acceptors (Lipinski definition) is 4. The van der Waals surface area contributed by atoms with Crippen LogP contribution in [0.15, 0.2) is 53.3 Å². The first-order chi connectivity index (χ1) is 11.8. The summed E-state index contributed by atoms with van der Waals surface area (Å²) in [6.45, 7) is 6.56. The number of esters is 1. The van der Waals surface area contributed by atoms with Crippen molar-refractivity contribution in [3.05, 3.63) is 58.9 Å². The largest absolute Gasteiger partial charge is 0.545 e. The second-order valence-corrected chi connectivity index (χ2v) is 7.18. The van der Waals surface area contributed by atoms with Crippen molar-refractivity contribution in [2.24, 2.45) is 5.41 Å². The lowest BCUT2D eigenvalue weighted by Crippen LogP contribution is -2.22. The van der Waals surface area contributed by atoms with Gasteiger partial charge in [-0.25, -0.2) is 4.79 Å². The number of carbonyl (C=O) groups excluding carboxylic acids is 2. The number of ether oxygens (including phenoxy) is 1. The van der Waals surface area contributed by atoms with E-state index in [1.807, 2.05) is 0 Å². The minimum absolute atomic E-state index is 0.0956. The molecule has 0 aromatic heterocycles. The van der Waals surface area contributed by atoms with Gasteiger partial charge >= 0.3 is 5.97 Å². The molecule has 0 bridgehead atoms. The van der Waals surface area contributed by atoms with E-state index in [0.717, 1.165) is 18.9 Å². The van der Waals surface area contributed by atoms with Crippen LogP contribution >= 0.6 is 0 Å². The van der Waals surface area contributed by atoms with Crippen LogP contribution in [0.4, 0.5) is 0 Å². The van der Waals surface area contributed by atoms with Crippen molar-refractivity contribution in [1.82, 2.24) is 0 Å². The number of hydrogen-bond donors (Lipinski definition) is 0. The van der Waals surface area contributed by atoms with Crippen LogP contribution in [0.25, 0.3) is 0 Å². The van der Waals surface area contributed by atoms with Crippen LogP contribution in [0.2, 0.25) is 0 Å². The first-order valence-electron chi connectivity index (χ1n) is 8.67. The lowest BCUT2D eigenvalue weighted by molar-refractivity contribution is -0.297. The van der Waals surface area contributed by atoms with Crippen LogP contribution < -0.4 is 5.11 Å². The van der Waals surface area contributed by atoms with Crippen molar-refractivity contribution >= 4 is 11.9 Å². The average molecular weight is 341 g/mol.